The first-order valence-corrected chi connectivity index (χ1v) is 8.22. The van der Waals surface area contributed by atoms with Crippen molar-refractivity contribution in [3.63, 3.8) is 0 Å². The van der Waals surface area contributed by atoms with Gasteiger partial charge < -0.3 is 15.6 Å². The second-order valence-electron chi connectivity index (χ2n) is 6.35. The smallest absolute Gasteiger partial charge is 0.446 e. The normalized spacial score (nSPS) is 24.4. The second kappa shape index (κ2) is 5.74. The van der Waals surface area contributed by atoms with Gasteiger partial charge in [0.2, 0.25) is 0 Å². The molecule has 24 heavy (non-hydrogen) atoms. The van der Waals surface area contributed by atoms with Crippen molar-refractivity contribution in [1.29, 1.82) is 0 Å². The zero-order valence-corrected chi connectivity index (χ0v) is 13.3. The lowest BCUT2D eigenvalue weighted by Gasteiger charge is -2.37. The Morgan fingerprint density at radius 1 is 1.29 bits per heavy atom. The van der Waals surface area contributed by atoms with Crippen LogP contribution < -0.4 is 10.5 Å². The number of rotatable bonds is 4. The van der Waals surface area contributed by atoms with E-state index in [1.54, 1.807) is 0 Å². The van der Waals surface area contributed by atoms with Crippen molar-refractivity contribution < 1.29 is 31.8 Å². The Morgan fingerprint density at radius 2 is 1.96 bits per heavy atom. The minimum Gasteiger partial charge on any atom is -0.491 e. The van der Waals surface area contributed by atoms with Crippen LogP contribution in [0.3, 0.4) is 0 Å². The highest BCUT2D eigenvalue weighted by atomic mass is 32.2. The molecular formula is C15H16F5NO2S. The Morgan fingerprint density at radius 3 is 2.50 bits per heavy atom. The number of aliphatic hydroxyl groups excluding tert-OH is 1. The Balaban J connectivity index is 1.92. The molecule has 1 atom stereocenters. The van der Waals surface area contributed by atoms with Gasteiger partial charge in [0.25, 0.3) is 5.92 Å². The molecule has 0 bridgehead atoms. The molecule has 1 unspecified atom stereocenters. The van der Waals surface area contributed by atoms with Crippen molar-refractivity contribution in [1.82, 2.24) is 0 Å². The van der Waals surface area contributed by atoms with E-state index in [0.29, 0.717) is 0 Å². The number of ether oxygens (including phenoxy) is 1. The third-order valence-electron chi connectivity index (χ3n) is 4.45. The van der Waals surface area contributed by atoms with Gasteiger partial charge in [-0.3, -0.25) is 0 Å². The van der Waals surface area contributed by atoms with E-state index < -0.39 is 51.7 Å². The van der Waals surface area contributed by atoms with Gasteiger partial charge in [0.1, 0.15) is 18.5 Å². The fourth-order valence-corrected chi connectivity index (χ4v) is 3.72. The second-order valence-corrected chi connectivity index (χ2v) is 7.45. The van der Waals surface area contributed by atoms with Crippen molar-refractivity contribution >= 4 is 11.8 Å². The monoisotopic (exact) mass is 369 g/mol. The number of aliphatic hydroxyl groups is 1. The first-order chi connectivity index (χ1) is 11.0. The molecule has 3 rings (SSSR count). The number of hydrogen-bond acceptors (Lipinski definition) is 4. The molecule has 1 fully saturated rings. The van der Waals surface area contributed by atoms with Crippen LogP contribution >= 0.6 is 11.8 Å². The average molecular weight is 369 g/mol. The summed E-state index contributed by atoms with van der Waals surface area (Å²) in [4.78, 5) is -0.430. The predicted molar refractivity (Wildman–Crippen MR) is 78.2 cm³/mol. The molecule has 134 valence electrons. The zero-order chi connectivity index (χ0) is 17.8. The van der Waals surface area contributed by atoms with Crippen LogP contribution in [0.4, 0.5) is 22.0 Å². The number of nitrogens with two attached hydrogens (primary N) is 1. The summed E-state index contributed by atoms with van der Waals surface area (Å²) in [7, 11) is 0. The first-order valence-electron chi connectivity index (χ1n) is 7.40. The number of fused-ring (bicyclic) bond motifs is 1. The van der Waals surface area contributed by atoms with Crippen LogP contribution in [-0.4, -0.2) is 28.7 Å². The maximum atomic E-state index is 13.9. The van der Waals surface area contributed by atoms with Gasteiger partial charge in [-0.2, -0.15) is 13.2 Å². The van der Waals surface area contributed by atoms with Crippen molar-refractivity contribution in [2.45, 2.75) is 53.7 Å². The van der Waals surface area contributed by atoms with Gasteiger partial charge in [0, 0.05) is 22.4 Å². The van der Waals surface area contributed by atoms with Crippen LogP contribution in [0.1, 0.15) is 36.5 Å². The fraction of sp³-hybridized carbons (Fsp3) is 0.600. The summed E-state index contributed by atoms with van der Waals surface area (Å²) >= 11 is -0.515. The van der Waals surface area contributed by atoms with Gasteiger partial charge in [-0.15, -0.1) is 0 Å². The largest absolute Gasteiger partial charge is 0.491 e. The summed E-state index contributed by atoms with van der Waals surface area (Å²) in [6.45, 7) is 0.104. The molecule has 0 spiro atoms. The van der Waals surface area contributed by atoms with Crippen molar-refractivity contribution in [3.05, 3.63) is 23.3 Å². The third kappa shape index (κ3) is 3.34. The van der Waals surface area contributed by atoms with E-state index in [-0.39, 0.29) is 17.9 Å². The molecule has 2 aliphatic rings. The van der Waals surface area contributed by atoms with Crippen LogP contribution in [0.5, 0.6) is 5.75 Å². The van der Waals surface area contributed by atoms with E-state index in [1.807, 2.05) is 0 Å². The van der Waals surface area contributed by atoms with Crippen LogP contribution in [0.2, 0.25) is 0 Å². The summed E-state index contributed by atoms with van der Waals surface area (Å²) in [5.74, 6) is -3.47. The Labute approximate surface area is 139 Å². The third-order valence-corrected chi connectivity index (χ3v) is 5.26. The average Bonchev–Trinajstić information content (AvgIpc) is 2.65. The minimum absolute atomic E-state index is 0.0597. The molecule has 0 aromatic heterocycles. The molecule has 3 nitrogen and oxygen atoms in total. The number of thioether (sulfide) groups is 1. The fourth-order valence-electron chi connectivity index (χ4n) is 2.99. The summed E-state index contributed by atoms with van der Waals surface area (Å²) in [5.41, 5.74) is 0.372. The maximum Gasteiger partial charge on any atom is 0.446 e. The van der Waals surface area contributed by atoms with Crippen LogP contribution in [0.25, 0.3) is 0 Å². The maximum absolute atomic E-state index is 13.9. The van der Waals surface area contributed by atoms with E-state index in [4.69, 9.17) is 10.5 Å². The highest BCUT2D eigenvalue weighted by Gasteiger charge is 2.50. The van der Waals surface area contributed by atoms with E-state index in [2.05, 4.69) is 0 Å². The van der Waals surface area contributed by atoms with Gasteiger partial charge >= 0.3 is 5.51 Å². The van der Waals surface area contributed by atoms with Gasteiger partial charge in [0.05, 0.1) is 5.54 Å². The quantitative estimate of drug-likeness (QED) is 0.626. The van der Waals surface area contributed by atoms with E-state index in [1.165, 1.54) is 6.07 Å². The van der Waals surface area contributed by atoms with Crippen molar-refractivity contribution in [3.8, 4) is 5.75 Å². The topological polar surface area (TPSA) is 55.5 Å². The minimum atomic E-state index is -4.64. The Bertz CT molecular complexity index is 645. The van der Waals surface area contributed by atoms with Crippen molar-refractivity contribution in [2.75, 3.05) is 6.61 Å². The van der Waals surface area contributed by atoms with Gasteiger partial charge in [-0.05, 0) is 43.2 Å². The SMILES string of the molecule is NC1(COc2ccc(SC(F)(F)F)c3c2CC(F)(F)C3O)CCC1. The highest BCUT2D eigenvalue weighted by Crippen LogP contribution is 2.52. The first kappa shape index (κ1) is 17.8. The van der Waals surface area contributed by atoms with Gasteiger partial charge in [0.15, 0.2) is 0 Å². The number of alkyl halides is 5. The summed E-state index contributed by atoms with van der Waals surface area (Å²) in [6.07, 6.45) is -0.693. The summed E-state index contributed by atoms with van der Waals surface area (Å²) in [6, 6.07) is 2.30. The molecule has 2 aliphatic carbocycles. The zero-order valence-electron chi connectivity index (χ0n) is 12.5. The van der Waals surface area contributed by atoms with E-state index >= 15 is 0 Å². The Kier molecular flexibility index (Phi) is 4.25. The molecule has 0 heterocycles. The number of hydrogen-bond donors (Lipinski definition) is 2. The molecule has 0 aliphatic heterocycles. The molecule has 0 saturated heterocycles. The van der Waals surface area contributed by atoms with Crippen LogP contribution in [0.15, 0.2) is 17.0 Å². The lowest BCUT2D eigenvalue weighted by atomic mass is 9.78. The molecule has 3 N–H and O–H groups in total. The van der Waals surface area contributed by atoms with Crippen LogP contribution in [-0.2, 0) is 6.42 Å². The summed E-state index contributed by atoms with van der Waals surface area (Å²) < 4.78 is 71.1. The summed E-state index contributed by atoms with van der Waals surface area (Å²) in [5, 5.41) is 9.79. The lowest BCUT2D eigenvalue weighted by Crippen LogP contribution is -2.51. The molecule has 0 radical (unpaired) electrons. The molecule has 0 amide bonds. The predicted octanol–water partition coefficient (Wildman–Crippen LogP) is 3.78. The van der Waals surface area contributed by atoms with Gasteiger partial charge in [-0.25, -0.2) is 8.78 Å². The Hall–Kier alpha value is -1.06. The molecular weight excluding hydrogens is 353 g/mol. The molecule has 9 heteroatoms. The number of benzene rings is 1. The van der Waals surface area contributed by atoms with Crippen LogP contribution in [0, 0.1) is 0 Å². The molecule has 1 saturated carbocycles. The number of halogens is 5. The molecule has 1 aromatic rings. The standard InChI is InChI=1S/C15H16F5NO2S/c16-14(17)6-8-9(23-7-13(21)4-1-5-13)2-3-10(11(8)12(14)22)24-15(18,19)20/h2-3,12,22H,1,4-7,21H2. The highest BCUT2D eigenvalue weighted by molar-refractivity contribution is 8.00. The van der Waals surface area contributed by atoms with E-state index in [9.17, 15) is 27.1 Å². The van der Waals surface area contributed by atoms with E-state index in [0.717, 1.165) is 25.3 Å². The lowest BCUT2D eigenvalue weighted by molar-refractivity contribution is -0.0977. The molecule has 1 aromatic carbocycles. The van der Waals surface area contributed by atoms with Gasteiger partial charge in [-0.1, -0.05) is 0 Å². The van der Waals surface area contributed by atoms with Crippen molar-refractivity contribution in [2.24, 2.45) is 5.73 Å².